The molecule has 0 amide bonds. The van der Waals surface area contributed by atoms with Gasteiger partial charge in [0, 0.05) is 26.2 Å². The average molecular weight is 312 g/mol. The SMILES string of the molecule is C=C(C)CN(C)S(=O)(=O)c1ccc(CNC2CC2)cc1F. The predicted octanol–water partition coefficient (Wildman–Crippen LogP) is 2.27. The molecule has 0 atom stereocenters. The number of nitrogens with one attached hydrogen (secondary N) is 1. The highest BCUT2D eigenvalue weighted by molar-refractivity contribution is 7.89. The molecule has 0 spiro atoms. The van der Waals surface area contributed by atoms with E-state index >= 15 is 0 Å². The van der Waals surface area contributed by atoms with Crippen molar-refractivity contribution < 1.29 is 12.8 Å². The minimum atomic E-state index is -3.82. The highest BCUT2D eigenvalue weighted by atomic mass is 32.2. The van der Waals surface area contributed by atoms with E-state index in [1.807, 2.05) is 0 Å². The number of nitrogens with zero attached hydrogens (tertiary/aromatic N) is 1. The highest BCUT2D eigenvalue weighted by Gasteiger charge is 2.25. The van der Waals surface area contributed by atoms with Crippen LogP contribution in [0, 0.1) is 5.82 Å². The lowest BCUT2D eigenvalue weighted by molar-refractivity contribution is 0.483. The molecule has 0 unspecified atom stereocenters. The van der Waals surface area contributed by atoms with Gasteiger partial charge in [-0.2, -0.15) is 4.31 Å². The van der Waals surface area contributed by atoms with Crippen LogP contribution >= 0.6 is 0 Å². The van der Waals surface area contributed by atoms with Crippen molar-refractivity contribution >= 4 is 10.0 Å². The number of hydrogen-bond donors (Lipinski definition) is 1. The molecular weight excluding hydrogens is 291 g/mol. The number of rotatable bonds is 7. The Hall–Kier alpha value is -1.24. The Balaban J connectivity index is 2.16. The maximum Gasteiger partial charge on any atom is 0.246 e. The zero-order chi connectivity index (χ0) is 15.6. The van der Waals surface area contributed by atoms with Gasteiger partial charge in [-0.1, -0.05) is 18.2 Å². The molecule has 6 heteroatoms. The first kappa shape index (κ1) is 16.1. The van der Waals surface area contributed by atoms with Crippen LogP contribution in [-0.2, 0) is 16.6 Å². The molecule has 21 heavy (non-hydrogen) atoms. The Morgan fingerprint density at radius 1 is 1.48 bits per heavy atom. The summed E-state index contributed by atoms with van der Waals surface area (Å²) in [5.41, 5.74) is 1.45. The van der Waals surface area contributed by atoms with E-state index in [-0.39, 0.29) is 11.4 Å². The average Bonchev–Trinajstić information content (AvgIpc) is 3.19. The molecule has 1 aromatic carbocycles. The summed E-state index contributed by atoms with van der Waals surface area (Å²) in [5, 5.41) is 3.27. The maximum absolute atomic E-state index is 14.1. The Labute approximate surface area is 125 Å². The van der Waals surface area contributed by atoms with Gasteiger partial charge in [0.2, 0.25) is 10.0 Å². The van der Waals surface area contributed by atoms with Crippen LogP contribution in [0.2, 0.25) is 0 Å². The van der Waals surface area contributed by atoms with Crippen LogP contribution in [0.1, 0.15) is 25.3 Å². The van der Waals surface area contributed by atoms with Gasteiger partial charge in [0.1, 0.15) is 10.7 Å². The second-order valence-electron chi connectivity index (χ2n) is 5.64. The Kier molecular flexibility index (Phi) is 4.81. The van der Waals surface area contributed by atoms with Crippen molar-refractivity contribution in [3.63, 3.8) is 0 Å². The molecule has 4 nitrogen and oxygen atoms in total. The molecule has 0 aliphatic heterocycles. The van der Waals surface area contributed by atoms with E-state index in [0.29, 0.717) is 18.2 Å². The largest absolute Gasteiger partial charge is 0.310 e. The molecule has 0 heterocycles. The fraction of sp³-hybridized carbons (Fsp3) is 0.467. The van der Waals surface area contributed by atoms with Crippen LogP contribution in [-0.4, -0.2) is 32.4 Å². The molecule has 1 fully saturated rings. The molecule has 1 aromatic rings. The van der Waals surface area contributed by atoms with Crippen molar-refractivity contribution in [3.05, 3.63) is 41.7 Å². The summed E-state index contributed by atoms with van der Waals surface area (Å²) in [6.45, 7) is 6.14. The molecule has 0 saturated heterocycles. The third-order valence-corrected chi connectivity index (χ3v) is 5.19. The standard InChI is InChI=1S/C15H21FN2O2S/c1-11(2)10-18(3)21(19,20)15-7-4-12(8-14(15)16)9-17-13-5-6-13/h4,7-8,13,17H,1,5-6,9-10H2,2-3H3. The third kappa shape index (κ3) is 4.12. The van der Waals surface area contributed by atoms with Crippen LogP contribution in [0.4, 0.5) is 4.39 Å². The van der Waals surface area contributed by atoms with Gasteiger partial charge >= 0.3 is 0 Å². The zero-order valence-corrected chi connectivity index (χ0v) is 13.2. The van der Waals surface area contributed by atoms with E-state index in [2.05, 4.69) is 11.9 Å². The summed E-state index contributed by atoms with van der Waals surface area (Å²) >= 11 is 0. The number of sulfonamides is 1. The number of halogens is 1. The number of benzene rings is 1. The smallest absolute Gasteiger partial charge is 0.246 e. The minimum Gasteiger partial charge on any atom is -0.310 e. The van der Waals surface area contributed by atoms with E-state index < -0.39 is 15.8 Å². The van der Waals surface area contributed by atoms with E-state index in [0.717, 1.165) is 22.7 Å². The normalized spacial score (nSPS) is 15.4. The van der Waals surface area contributed by atoms with E-state index in [9.17, 15) is 12.8 Å². The first-order valence-corrected chi connectivity index (χ1v) is 8.37. The van der Waals surface area contributed by atoms with Gasteiger partial charge in [0.05, 0.1) is 0 Å². The lowest BCUT2D eigenvalue weighted by atomic mass is 10.2. The molecule has 0 radical (unpaired) electrons. The molecule has 1 saturated carbocycles. The van der Waals surface area contributed by atoms with Crippen LogP contribution in [0.25, 0.3) is 0 Å². The van der Waals surface area contributed by atoms with Gasteiger partial charge < -0.3 is 5.32 Å². The lowest BCUT2D eigenvalue weighted by Gasteiger charge is -2.18. The molecular formula is C15H21FN2O2S. The van der Waals surface area contributed by atoms with Gasteiger partial charge in [-0.15, -0.1) is 0 Å². The topological polar surface area (TPSA) is 49.4 Å². The summed E-state index contributed by atoms with van der Waals surface area (Å²) in [6, 6.07) is 4.80. The van der Waals surface area contributed by atoms with Crippen molar-refractivity contribution in [1.82, 2.24) is 9.62 Å². The monoisotopic (exact) mass is 312 g/mol. The van der Waals surface area contributed by atoms with Gasteiger partial charge in [-0.25, -0.2) is 12.8 Å². The molecule has 1 aliphatic rings. The number of hydrogen-bond acceptors (Lipinski definition) is 3. The van der Waals surface area contributed by atoms with Crippen molar-refractivity contribution in [2.24, 2.45) is 0 Å². The lowest BCUT2D eigenvalue weighted by Crippen LogP contribution is -2.29. The van der Waals surface area contributed by atoms with Crippen molar-refractivity contribution in [2.75, 3.05) is 13.6 Å². The van der Waals surface area contributed by atoms with Crippen LogP contribution in [0.15, 0.2) is 35.2 Å². The van der Waals surface area contributed by atoms with Gasteiger partial charge in [-0.3, -0.25) is 0 Å². The van der Waals surface area contributed by atoms with E-state index in [1.165, 1.54) is 19.2 Å². The van der Waals surface area contributed by atoms with Crippen LogP contribution in [0.5, 0.6) is 0 Å². The molecule has 116 valence electrons. The third-order valence-electron chi connectivity index (χ3n) is 3.35. The van der Waals surface area contributed by atoms with Crippen molar-refractivity contribution in [1.29, 1.82) is 0 Å². The highest BCUT2D eigenvalue weighted by Crippen LogP contribution is 2.22. The van der Waals surface area contributed by atoms with Crippen molar-refractivity contribution in [3.8, 4) is 0 Å². The maximum atomic E-state index is 14.1. The van der Waals surface area contributed by atoms with Gasteiger partial charge in [0.25, 0.3) is 0 Å². The summed E-state index contributed by atoms with van der Waals surface area (Å²) in [4.78, 5) is -0.290. The molecule has 1 aliphatic carbocycles. The van der Waals surface area contributed by atoms with Crippen molar-refractivity contribution in [2.45, 2.75) is 37.2 Å². The predicted molar refractivity (Wildman–Crippen MR) is 80.9 cm³/mol. The minimum absolute atomic E-state index is 0.173. The van der Waals surface area contributed by atoms with Gasteiger partial charge in [-0.05, 0) is 37.5 Å². The molecule has 2 rings (SSSR count). The fourth-order valence-electron chi connectivity index (χ4n) is 2.05. The molecule has 0 aromatic heterocycles. The Morgan fingerprint density at radius 2 is 2.14 bits per heavy atom. The van der Waals surface area contributed by atoms with Gasteiger partial charge in [0.15, 0.2) is 0 Å². The molecule has 1 N–H and O–H groups in total. The second-order valence-corrected chi connectivity index (χ2v) is 7.65. The van der Waals surface area contributed by atoms with Crippen LogP contribution in [0.3, 0.4) is 0 Å². The fourth-order valence-corrected chi connectivity index (χ4v) is 3.32. The number of likely N-dealkylation sites (N-methyl/N-ethyl adjacent to an activating group) is 1. The zero-order valence-electron chi connectivity index (χ0n) is 12.4. The summed E-state index contributed by atoms with van der Waals surface area (Å²) in [6.07, 6.45) is 2.31. The van der Waals surface area contributed by atoms with E-state index in [4.69, 9.17) is 0 Å². The van der Waals surface area contributed by atoms with Crippen LogP contribution < -0.4 is 5.32 Å². The summed E-state index contributed by atoms with van der Waals surface area (Å²) in [7, 11) is -2.40. The molecule has 0 bridgehead atoms. The Morgan fingerprint density at radius 3 is 2.67 bits per heavy atom. The first-order chi connectivity index (χ1) is 9.80. The first-order valence-electron chi connectivity index (χ1n) is 6.93. The van der Waals surface area contributed by atoms with E-state index in [1.54, 1.807) is 13.0 Å². The Bertz CT molecular complexity index is 639. The quantitative estimate of drug-likeness (QED) is 0.786. The summed E-state index contributed by atoms with van der Waals surface area (Å²) < 4.78 is 39.8. The summed E-state index contributed by atoms with van der Waals surface area (Å²) in [5.74, 6) is -0.710. The second kappa shape index (κ2) is 6.25.